The van der Waals surface area contributed by atoms with Crippen molar-refractivity contribution in [3.8, 4) is 17.4 Å². The van der Waals surface area contributed by atoms with Crippen LogP contribution in [0, 0.1) is 17.0 Å². The van der Waals surface area contributed by atoms with E-state index in [1.807, 2.05) is 0 Å². The summed E-state index contributed by atoms with van der Waals surface area (Å²) in [6.07, 6.45) is 1.23. The number of aromatic nitrogens is 2. The van der Waals surface area contributed by atoms with Crippen LogP contribution in [0.2, 0.25) is 5.15 Å². The van der Waals surface area contributed by atoms with Crippen LogP contribution in [0.15, 0.2) is 24.5 Å². The van der Waals surface area contributed by atoms with Gasteiger partial charge in [-0.3, -0.25) is 10.1 Å². The fourth-order valence-electron chi connectivity index (χ4n) is 1.59. The van der Waals surface area contributed by atoms with Crippen LogP contribution < -0.4 is 9.47 Å². The van der Waals surface area contributed by atoms with Crippen LogP contribution in [0.25, 0.3) is 0 Å². The number of aryl methyl sites for hydroxylation is 1. The van der Waals surface area contributed by atoms with Crippen LogP contribution in [-0.4, -0.2) is 22.0 Å². The van der Waals surface area contributed by atoms with E-state index in [9.17, 15) is 10.1 Å². The highest BCUT2D eigenvalue weighted by Crippen LogP contribution is 2.34. The minimum atomic E-state index is -0.457. The van der Waals surface area contributed by atoms with E-state index in [1.54, 1.807) is 6.92 Å². The van der Waals surface area contributed by atoms with Crippen LogP contribution in [0.5, 0.6) is 17.4 Å². The summed E-state index contributed by atoms with van der Waals surface area (Å²) in [6, 6.07) is 4.37. The van der Waals surface area contributed by atoms with Crippen LogP contribution in [0.4, 0.5) is 5.69 Å². The second kappa shape index (κ2) is 5.70. The van der Waals surface area contributed by atoms with Gasteiger partial charge in [-0.1, -0.05) is 11.6 Å². The number of hydrogen-bond acceptors (Lipinski definition) is 6. The first kappa shape index (κ1) is 14.0. The number of halogens is 1. The Kier molecular flexibility index (Phi) is 3.99. The van der Waals surface area contributed by atoms with Gasteiger partial charge in [-0.15, -0.1) is 0 Å². The Morgan fingerprint density at radius 1 is 1.35 bits per heavy atom. The molecule has 0 atom stereocenters. The number of nitrogens with zero attached hydrogens (tertiary/aromatic N) is 3. The van der Waals surface area contributed by atoms with Gasteiger partial charge in [0.15, 0.2) is 5.15 Å². The third kappa shape index (κ3) is 2.77. The van der Waals surface area contributed by atoms with E-state index in [4.69, 9.17) is 21.1 Å². The molecule has 0 aliphatic heterocycles. The fraction of sp³-hybridized carbons (Fsp3) is 0.167. The van der Waals surface area contributed by atoms with E-state index < -0.39 is 4.92 Å². The second-order valence-corrected chi connectivity index (χ2v) is 4.17. The van der Waals surface area contributed by atoms with Crippen LogP contribution in [-0.2, 0) is 0 Å². The first-order valence-corrected chi connectivity index (χ1v) is 5.88. The molecule has 1 heterocycles. The summed E-state index contributed by atoms with van der Waals surface area (Å²) < 4.78 is 10.6. The number of nitro benzene ring substituents is 1. The summed E-state index contributed by atoms with van der Waals surface area (Å²) in [5.41, 5.74) is 0.497. The van der Waals surface area contributed by atoms with E-state index in [-0.39, 0.29) is 22.5 Å². The van der Waals surface area contributed by atoms with Crippen molar-refractivity contribution in [2.24, 2.45) is 0 Å². The van der Waals surface area contributed by atoms with Gasteiger partial charge in [0, 0.05) is 11.6 Å². The summed E-state index contributed by atoms with van der Waals surface area (Å²) >= 11 is 5.85. The van der Waals surface area contributed by atoms with Gasteiger partial charge < -0.3 is 9.47 Å². The number of methoxy groups -OCH3 is 1. The summed E-state index contributed by atoms with van der Waals surface area (Å²) in [6.45, 7) is 1.62. The topological polar surface area (TPSA) is 87.4 Å². The third-order valence-electron chi connectivity index (χ3n) is 2.51. The highest BCUT2D eigenvalue weighted by Gasteiger charge is 2.15. The highest BCUT2D eigenvalue weighted by molar-refractivity contribution is 6.31. The van der Waals surface area contributed by atoms with Gasteiger partial charge in [0.05, 0.1) is 12.0 Å². The van der Waals surface area contributed by atoms with Crippen molar-refractivity contribution >= 4 is 17.3 Å². The van der Waals surface area contributed by atoms with Gasteiger partial charge >= 0.3 is 0 Å². The lowest BCUT2D eigenvalue weighted by atomic mass is 10.2. The molecule has 0 fully saturated rings. The molecule has 0 bridgehead atoms. The maximum absolute atomic E-state index is 10.7. The van der Waals surface area contributed by atoms with Gasteiger partial charge in [-0.25, -0.2) is 4.98 Å². The van der Waals surface area contributed by atoms with Crippen molar-refractivity contribution in [3.05, 3.63) is 45.4 Å². The minimum Gasteiger partial charge on any atom is -0.489 e. The molecule has 0 N–H and O–H groups in total. The molecule has 0 aliphatic carbocycles. The number of benzene rings is 1. The summed E-state index contributed by atoms with van der Waals surface area (Å²) in [5, 5.41) is 10.9. The minimum absolute atomic E-state index is 0.0186. The SMILES string of the molecule is COc1c(Cl)ncnc1Oc1ccc([N+](=O)[O-])c(C)c1. The van der Waals surface area contributed by atoms with Gasteiger partial charge in [0.25, 0.3) is 11.6 Å². The molecule has 1 aromatic heterocycles. The maximum atomic E-state index is 10.7. The largest absolute Gasteiger partial charge is 0.489 e. The molecule has 0 saturated heterocycles. The zero-order valence-electron chi connectivity index (χ0n) is 10.7. The Bertz CT molecular complexity index is 663. The predicted octanol–water partition coefficient (Wildman–Crippen LogP) is 3.15. The third-order valence-corrected chi connectivity index (χ3v) is 2.78. The smallest absolute Gasteiger partial charge is 0.272 e. The Labute approximate surface area is 119 Å². The van der Waals surface area contributed by atoms with Gasteiger partial charge in [0.1, 0.15) is 12.1 Å². The lowest BCUT2D eigenvalue weighted by Crippen LogP contribution is -1.97. The van der Waals surface area contributed by atoms with Crippen molar-refractivity contribution in [2.75, 3.05) is 7.11 Å². The molecule has 7 nitrogen and oxygen atoms in total. The van der Waals surface area contributed by atoms with E-state index in [1.165, 1.54) is 31.6 Å². The summed E-state index contributed by atoms with van der Waals surface area (Å²) in [5.74, 6) is 0.729. The molecule has 0 unspecified atom stereocenters. The fourth-order valence-corrected chi connectivity index (χ4v) is 1.79. The highest BCUT2D eigenvalue weighted by atomic mass is 35.5. The monoisotopic (exact) mass is 295 g/mol. The Hall–Kier alpha value is -2.41. The molecule has 0 radical (unpaired) electrons. The second-order valence-electron chi connectivity index (χ2n) is 3.81. The van der Waals surface area contributed by atoms with E-state index >= 15 is 0 Å². The molecule has 2 rings (SSSR count). The van der Waals surface area contributed by atoms with Crippen LogP contribution >= 0.6 is 11.6 Å². The Morgan fingerprint density at radius 3 is 2.70 bits per heavy atom. The van der Waals surface area contributed by atoms with Crippen molar-refractivity contribution < 1.29 is 14.4 Å². The van der Waals surface area contributed by atoms with Gasteiger partial charge in [0.2, 0.25) is 5.75 Å². The molecule has 2 aromatic rings. The maximum Gasteiger partial charge on any atom is 0.272 e. The predicted molar refractivity (Wildman–Crippen MR) is 71.5 cm³/mol. The zero-order valence-corrected chi connectivity index (χ0v) is 11.4. The molecule has 1 aromatic carbocycles. The van der Waals surface area contributed by atoms with Gasteiger partial charge in [-0.05, 0) is 19.1 Å². The number of ether oxygens (including phenoxy) is 2. The Balaban J connectivity index is 2.34. The summed E-state index contributed by atoms with van der Waals surface area (Å²) in [4.78, 5) is 18.0. The van der Waals surface area contributed by atoms with Crippen LogP contribution in [0.1, 0.15) is 5.56 Å². The van der Waals surface area contributed by atoms with Crippen molar-refractivity contribution in [2.45, 2.75) is 6.92 Å². The average Bonchev–Trinajstić information content (AvgIpc) is 2.38. The molecule has 0 aliphatic rings. The molecule has 0 saturated carbocycles. The molecule has 8 heteroatoms. The normalized spacial score (nSPS) is 10.2. The van der Waals surface area contributed by atoms with E-state index in [0.29, 0.717) is 11.3 Å². The number of hydrogen-bond donors (Lipinski definition) is 0. The molecule has 0 amide bonds. The zero-order chi connectivity index (χ0) is 14.7. The molecule has 0 spiro atoms. The van der Waals surface area contributed by atoms with E-state index in [2.05, 4.69) is 9.97 Å². The standard InChI is InChI=1S/C12H10ClN3O4/c1-7-5-8(3-4-9(7)16(17)18)20-12-10(19-2)11(13)14-6-15-12/h3-6H,1-2H3. The van der Waals surface area contributed by atoms with Crippen molar-refractivity contribution in [3.63, 3.8) is 0 Å². The number of rotatable bonds is 4. The van der Waals surface area contributed by atoms with Crippen molar-refractivity contribution in [1.82, 2.24) is 9.97 Å². The molecular weight excluding hydrogens is 286 g/mol. The van der Waals surface area contributed by atoms with Crippen LogP contribution in [0.3, 0.4) is 0 Å². The first-order chi connectivity index (χ1) is 9.52. The van der Waals surface area contributed by atoms with Gasteiger partial charge in [-0.2, -0.15) is 4.98 Å². The Morgan fingerprint density at radius 2 is 2.10 bits per heavy atom. The summed E-state index contributed by atoms with van der Waals surface area (Å²) in [7, 11) is 1.42. The average molecular weight is 296 g/mol. The molecule has 20 heavy (non-hydrogen) atoms. The quantitative estimate of drug-likeness (QED) is 0.489. The van der Waals surface area contributed by atoms with E-state index in [0.717, 1.165) is 0 Å². The first-order valence-electron chi connectivity index (χ1n) is 5.50. The lowest BCUT2D eigenvalue weighted by molar-refractivity contribution is -0.385. The lowest BCUT2D eigenvalue weighted by Gasteiger charge is -2.09. The van der Waals surface area contributed by atoms with Crippen molar-refractivity contribution in [1.29, 1.82) is 0 Å². The number of nitro groups is 1. The molecule has 104 valence electrons. The molecular formula is C12H10ClN3O4.